The number of nitrogens with zero attached hydrogens (tertiary/aromatic N) is 1. The third kappa shape index (κ3) is 3.55. The second-order valence-corrected chi connectivity index (χ2v) is 5.62. The van der Waals surface area contributed by atoms with Gasteiger partial charge < -0.3 is 20.2 Å². The number of aryl methyl sites for hydroxylation is 2. The van der Waals surface area contributed by atoms with Gasteiger partial charge in [0, 0.05) is 19.2 Å². The number of aliphatic hydroxyl groups is 1. The lowest BCUT2D eigenvalue weighted by molar-refractivity contribution is 0.174. The first-order chi connectivity index (χ1) is 11.5. The van der Waals surface area contributed by atoms with Gasteiger partial charge in [-0.2, -0.15) is 0 Å². The molecule has 1 unspecified atom stereocenters. The number of urea groups is 1. The minimum Gasteiger partial charge on any atom is -0.441 e. The van der Waals surface area contributed by atoms with E-state index in [1.165, 1.54) is 0 Å². The van der Waals surface area contributed by atoms with E-state index < -0.39 is 6.10 Å². The number of anilines is 1. The molecule has 3 N–H and O–H groups in total. The highest BCUT2D eigenvalue weighted by Gasteiger charge is 2.12. The Hall–Kier alpha value is -2.86. The van der Waals surface area contributed by atoms with Crippen molar-refractivity contribution in [1.29, 1.82) is 0 Å². The number of benzene rings is 2. The van der Waals surface area contributed by atoms with Crippen molar-refractivity contribution in [2.75, 3.05) is 11.9 Å². The van der Waals surface area contributed by atoms with Crippen LogP contribution in [-0.4, -0.2) is 22.7 Å². The lowest BCUT2D eigenvalue weighted by Gasteiger charge is -2.15. The number of hydrogen-bond donors (Lipinski definition) is 3. The average Bonchev–Trinajstić information content (AvgIpc) is 2.92. The zero-order chi connectivity index (χ0) is 17.1. The number of aliphatic hydroxyl groups excluding tert-OH is 1. The minimum absolute atomic E-state index is 0.127. The SMILES string of the molecule is Cc1nc2cc(NC(=O)NCC(O)c3ccccc3C)ccc2o1. The number of oxazole rings is 1. The van der Waals surface area contributed by atoms with E-state index in [1.54, 1.807) is 25.1 Å². The maximum absolute atomic E-state index is 12.0. The van der Waals surface area contributed by atoms with Gasteiger partial charge >= 0.3 is 6.03 Å². The van der Waals surface area contributed by atoms with Gasteiger partial charge in [-0.1, -0.05) is 24.3 Å². The smallest absolute Gasteiger partial charge is 0.319 e. The van der Waals surface area contributed by atoms with E-state index >= 15 is 0 Å². The molecule has 0 aliphatic rings. The van der Waals surface area contributed by atoms with Crippen molar-refractivity contribution < 1.29 is 14.3 Å². The van der Waals surface area contributed by atoms with E-state index in [2.05, 4.69) is 15.6 Å². The van der Waals surface area contributed by atoms with Gasteiger partial charge in [0.2, 0.25) is 0 Å². The number of hydrogen-bond acceptors (Lipinski definition) is 4. The molecule has 0 saturated heterocycles. The van der Waals surface area contributed by atoms with Crippen molar-refractivity contribution in [2.45, 2.75) is 20.0 Å². The molecule has 0 bridgehead atoms. The third-order valence-corrected chi connectivity index (χ3v) is 3.76. The van der Waals surface area contributed by atoms with Gasteiger partial charge in [0.05, 0.1) is 6.10 Å². The van der Waals surface area contributed by atoms with Crippen LogP contribution in [0.3, 0.4) is 0 Å². The molecule has 0 aliphatic carbocycles. The number of carbonyl (C=O) groups is 1. The van der Waals surface area contributed by atoms with E-state index in [9.17, 15) is 9.90 Å². The molecule has 1 aromatic heterocycles. The fourth-order valence-corrected chi connectivity index (χ4v) is 2.56. The molecule has 0 radical (unpaired) electrons. The van der Waals surface area contributed by atoms with Crippen LogP contribution in [0.2, 0.25) is 0 Å². The van der Waals surface area contributed by atoms with Crippen LogP contribution >= 0.6 is 0 Å². The molecule has 0 aliphatic heterocycles. The van der Waals surface area contributed by atoms with Crippen molar-refractivity contribution in [1.82, 2.24) is 10.3 Å². The van der Waals surface area contributed by atoms with Gasteiger partial charge in [-0.15, -0.1) is 0 Å². The minimum atomic E-state index is -0.752. The van der Waals surface area contributed by atoms with Gasteiger partial charge in [0.1, 0.15) is 5.52 Å². The predicted molar refractivity (Wildman–Crippen MR) is 91.9 cm³/mol. The largest absolute Gasteiger partial charge is 0.441 e. The normalized spacial score (nSPS) is 12.1. The van der Waals surface area contributed by atoms with Crippen LogP contribution in [-0.2, 0) is 0 Å². The third-order valence-electron chi connectivity index (χ3n) is 3.76. The monoisotopic (exact) mass is 325 g/mol. The van der Waals surface area contributed by atoms with Crippen LogP contribution in [0.15, 0.2) is 46.9 Å². The highest BCUT2D eigenvalue weighted by atomic mass is 16.3. The molecular formula is C18H19N3O3. The number of amides is 2. The lowest BCUT2D eigenvalue weighted by Crippen LogP contribution is -2.32. The van der Waals surface area contributed by atoms with E-state index in [0.717, 1.165) is 11.1 Å². The molecule has 1 heterocycles. The highest BCUT2D eigenvalue weighted by Crippen LogP contribution is 2.20. The molecule has 3 rings (SSSR count). The summed E-state index contributed by atoms with van der Waals surface area (Å²) < 4.78 is 5.39. The topological polar surface area (TPSA) is 87.4 Å². The zero-order valence-corrected chi connectivity index (χ0v) is 13.5. The molecule has 24 heavy (non-hydrogen) atoms. The number of aromatic nitrogens is 1. The van der Waals surface area contributed by atoms with Crippen LogP contribution in [0.5, 0.6) is 0 Å². The first kappa shape index (κ1) is 16.0. The van der Waals surface area contributed by atoms with Crippen LogP contribution < -0.4 is 10.6 Å². The summed E-state index contributed by atoms with van der Waals surface area (Å²) in [7, 11) is 0. The standard InChI is InChI=1S/C18H19N3O3/c1-11-5-3-4-6-14(11)16(22)10-19-18(23)21-13-7-8-17-15(9-13)20-12(2)24-17/h3-9,16,22H,10H2,1-2H3,(H2,19,21,23). The van der Waals surface area contributed by atoms with Crippen molar-refractivity contribution in [3.8, 4) is 0 Å². The fraction of sp³-hybridized carbons (Fsp3) is 0.222. The quantitative estimate of drug-likeness (QED) is 0.687. The van der Waals surface area contributed by atoms with Crippen molar-refractivity contribution in [3.05, 3.63) is 59.5 Å². The van der Waals surface area contributed by atoms with Crippen molar-refractivity contribution in [3.63, 3.8) is 0 Å². The zero-order valence-electron chi connectivity index (χ0n) is 13.5. The summed E-state index contributed by atoms with van der Waals surface area (Å²) >= 11 is 0. The summed E-state index contributed by atoms with van der Waals surface area (Å²) in [6.45, 7) is 3.82. The van der Waals surface area contributed by atoms with Crippen LogP contribution in [0.25, 0.3) is 11.1 Å². The summed E-state index contributed by atoms with van der Waals surface area (Å²) in [6, 6.07) is 12.4. The van der Waals surface area contributed by atoms with Gasteiger partial charge in [0.25, 0.3) is 0 Å². The first-order valence-corrected chi connectivity index (χ1v) is 7.68. The Bertz CT molecular complexity index is 873. The Morgan fingerprint density at radius 2 is 2.04 bits per heavy atom. The number of carbonyl (C=O) groups excluding carboxylic acids is 1. The van der Waals surface area contributed by atoms with Crippen LogP contribution in [0.4, 0.5) is 10.5 Å². The molecule has 6 heteroatoms. The van der Waals surface area contributed by atoms with Gasteiger partial charge in [-0.05, 0) is 36.2 Å². The summed E-state index contributed by atoms with van der Waals surface area (Å²) in [6.07, 6.45) is -0.752. The van der Waals surface area contributed by atoms with Gasteiger partial charge in [-0.3, -0.25) is 0 Å². The van der Waals surface area contributed by atoms with Gasteiger partial charge in [0.15, 0.2) is 11.5 Å². The number of nitrogens with one attached hydrogen (secondary N) is 2. The van der Waals surface area contributed by atoms with Crippen LogP contribution in [0.1, 0.15) is 23.1 Å². The molecule has 0 spiro atoms. The fourth-order valence-electron chi connectivity index (χ4n) is 2.56. The number of rotatable bonds is 4. The Balaban J connectivity index is 1.59. The van der Waals surface area contributed by atoms with Crippen molar-refractivity contribution in [2.24, 2.45) is 0 Å². The Morgan fingerprint density at radius 1 is 1.25 bits per heavy atom. The van der Waals surface area contributed by atoms with Crippen molar-refractivity contribution >= 4 is 22.8 Å². The lowest BCUT2D eigenvalue weighted by atomic mass is 10.0. The summed E-state index contributed by atoms with van der Waals surface area (Å²) in [4.78, 5) is 16.2. The summed E-state index contributed by atoms with van der Waals surface area (Å²) in [5.41, 5.74) is 3.76. The van der Waals surface area contributed by atoms with E-state index in [4.69, 9.17) is 4.42 Å². The molecule has 0 fully saturated rings. The molecule has 3 aromatic rings. The average molecular weight is 325 g/mol. The molecule has 1 atom stereocenters. The summed E-state index contributed by atoms with van der Waals surface area (Å²) in [5.74, 6) is 0.577. The molecular weight excluding hydrogens is 306 g/mol. The van der Waals surface area contributed by atoms with E-state index in [-0.39, 0.29) is 12.6 Å². The Labute approximate surface area is 139 Å². The first-order valence-electron chi connectivity index (χ1n) is 7.68. The van der Waals surface area contributed by atoms with Gasteiger partial charge in [-0.25, -0.2) is 9.78 Å². The Kier molecular flexibility index (Phi) is 4.48. The van der Waals surface area contributed by atoms with E-state index in [1.807, 2.05) is 31.2 Å². The molecule has 2 aromatic carbocycles. The summed E-state index contributed by atoms with van der Waals surface area (Å²) in [5, 5.41) is 15.6. The molecule has 0 saturated carbocycles. The maximum Gasteiger partial charge on any atom is 0.319 e. The molecule has 124 valence electrons. The predicted octanol–water partition coefficient (Wildman–Crippen LogP) is 3.30. The maximum atomic E-state index is 12.0. The van der Waals surface area contributed by atoms with Crippen LogP contribution in [0, 0.1) is 13.8 Å². The number of fused-ring (bicyclic) bond motifs is 1. The second kappa shape index (κ2) is 6.72. The molecule has 6 nitrogen and oxygen atoms in total. The molecule has 2 amide bonds. The van der Waals surface area contributed by atoms with E-state index in [0.29, 0.717) is 22.7 Å². The second-order valence-electron chi connectivity index (χ2n) is 5.62. The highest BCUT2D eigenvalue weighted by molar-refractivity contribution is 5.91. The Morgan fingerprint density at radius 3 is 2.83 bits per heavy atom.